The Kier molecular flexibility index (Phi) is 8.22. The number of ether oxygens (including phenoxy) is 1. The molecule has 0 bridgehead atoms. The molecule has 0 heterocycles. The molecular formula is C29H38N4O9. The topological polar surface area (TPSA) is 197 Å². The summed E-state index contributed by atoms with van der Waals surface area (Å²) in [5, 5.41) is 25.5. The van der Waals surface area contributed by atoms with Crippen LogP contribution in [-0.4, -0.2) is 96.7 Å². The van der Waals surface area contributed by atoms with Crippen LogP contribution in [0.25, 0.3) is 0 Å². The Morgan fingerprint density at radius 2 is 1.79 bits per heavy atom. The number of ketones is 4. The maximum atomic E-state index is 14.0. The van der Waals surface area contributed by atoms with Crippen molar-refractivity contribution in [3.05, 3.63) is 22.8 Å². The number of rotatable bonds is 7. The average molecular weight is 587 g/mol. The lowest BCUT2D eigenvalue weighted by atomic mass is 9.52. The summed E-state index contributed by atoms with van der Waals surface area (Å²) in [6.45, 7) is 3.77. The molecule has 2 unspecified atom stereocenters. The largest absolute Gasteiger partial charge is 0.507 e. The number of carbonyl (C=O) groups is 6. The molecule has 2 amide bonds. The van der Waals surface area contributed by atoms with E-state index in [0.29, 0.717) is 11.3 Å². The zero-order valence-corrected chi connectivity index (χ0v) is 24.6. The first-order valence-electron chi connectivity index (χ1n) is 13.8. The molecule has 0 spiro atoms. The van der Waals surface area contributed by atoms with E-state index in [9.17, 15) is 39.0 Å². The van der Waals surface area contributed by atoms with Gasteiger partial charge in [0.1, 0.15) is 5.75 Å². The third kappa shape index (κ3) is 4.83. The molecule has 228 valence electrons. The number of fused-ring (bicyclic) bond motifs is 3. The van der Waals surface area contributed by atoms with Crippen LogP contribution in [0.3, 0.4) is 0 Å². The Morgan fingerprint density at radius 1 is 1.14 bits per heavy atom. The Labute approximate surface area is 243 Å². The van der Waals surface area contributed by atoms with Crippen molar-refractivity contribution in [1.29, 1.82) is 0 Å². The van der Waals surface area contributed by atoms with E-state index in [1.165, 1.54) is 19.0 Å². The summed E-state index contributed by atoms with van der Waals surface area (Å²) in [5.74, 6) is -11.1. The predicted molar refractivity (Wildman–Crippen MR) is 149 cm³/mol. The fraction of sp³-hybridized carbons (Fsp3) is 0.586. The molecule has 4 rings (SSSR count). The van der Waals surface area contributed by atoms with Crippen molar-refractivity contribution in [2.75, 3.05) is 39.7 Å². The van der Waals surface area contributed by atoms with E-state index in [2.05, 4.69) is 5.32 Å². The summed E-state index contributed by atoms with van der Waals surface area (Å²) in [6.07, 6.45) is -0.612. The fourth-order valence-electron chi connectivity index (χ4n) is 6.70. The van der Waals surface area contributed by atoms with E-state index < -0.39 is 76.2 Å². The maximum Gasteiger partial charge on any atom is 0.407 e. The number of carbonyl (C=O) groups excluding carboxylic acids is 6. The van der Waals surface area contributed by atoms with Crippen molar-refractivity contribution >= 4 is 40.8 Å². The summed E-state index contributed by atoms with van der Waals surface area (Å²) in [6, 6.07) is 0.469. The summed E-state index contributed by atoms with van der Waals surface area (Å²) in [7, 11) is 6.55. The van der Waals surface area contributed by atoms with Crippen LogP contribution in [0.4, 0.5) is 10.5 Å². The van der Waals surface area contributed by atoms with E-state index in [0.717, 1.165) is 0 Å². The zero-order valence-electron chi connectivity index (χ0n) is 24.6. The number of phenolic OH excluding ortho intramolecular Hbond substituents is 1. The van der Waals surface area contributed by atoms with Gasteiger partial charge in [0.05, 0.1) is 24.1 Å². The van der Waals surface area contributed by atoms with E-state index in [4.69, 9.17) is 10.5 Å². The van der Waals surface area contributed by atoms with Crippen molar-refractivity contribution in [2.24, 2.45) is 35.3 Å². The highest BCUT2D eigenvalue weighted by Gasteiger charge is 2.69. The van der Waals surface area contributed by atoms with Gasteiger partial charge in [-0.15, -0.1) is 0 Å². The molecule has 3 aliphatic carbocycles. The third-order valence-corrected chi connectivity index (χ3v) is 8.57. The predicted octanol–water partition coefficient (Wildman–Crippen LogP) is -0.185. The molecule has 2 fully saturated rings. The molecule has 0 aromatic heterocycles. The van der Waals surface area contributed by atoms with E-state index in [1.54, 1.807) is 25.1 Å². The summed E-state index contributed by atoms with van der Waals surface area (Å²) < 4.78 is 5.12. The molecule has 2 saturated carbocycles. The number of hydrogen-bond donors (Lipinski definition) is 4. The van der Waals surface area contributed by atoms with Gasteiger partial charge in [-0.05, 0) is 50.4 Å². The number of likely N-dealkylation sites (N-methyl/N-ethyl adjacent to an activating group) is 1. The maximum absolute atomic E-state index is 14.0. The molecule has 0 radical (unpaired) electrons. The van der Waals surface area contributed by atoms with Crippen LogP contribution in [0, 0.1) is 29.6 Å². The Hall–Kier alpha value is -3.84. The van der Waals surface area contributed by atoms with Crippen LogP contribution in [0.15, 0.2) is 6.07 Å². The minimum Gasteiger partial charge on any atom is -0.507 e. The monoisotopic (exact) mass is 586 g/mol. The first-order valence-corrected chi connectivity index (χ1v) is 13.8. The molecule has 0 aliphatic heterocycles. The number of nitrogens with one attached hydrogen (secondary N) is 1. The molecule has 1 aromatic rings. The fourth-order valence-corrected chi connectivity index (χ4v) is 6.70. The van der Waals surface area contributed by atoms with Crippen molar-refractivity contribution in [3.8, 4) is 5.75 Å². The van der Waals surface area contributed by atoms with Crippen molar-refractivity contribution in [2.45, 2.75) is 44.9 Å². The molecule has 1 aromatic carbocycles. The van der Waals surface area contributed by atoms with Crippen molar-refractivity contribution in [3.63, 3.8) is 0 Å². The highest BCUT2D eigenvalue weighted by atomic mass is 16.5. The Balaban J connectivity index is 1.78. The van der Waals surface area contributed by atoms with Gasteiger partial charge >= 0.3 is 6.09 Å². The van der Waals surface area contributed by atoms with Gasteiger partial charge in [0, 0.05) is 37.8 Å². The SMILES string of the molecule is CC(C)COC(=O)NCc1cc(N(C)C)c2c(c1O)C(=O)C1C(=O)[C@]3(O)C(=O)C(C(N)=O)C(=O)[C@H](N(C)C)[C@@H]3C[C@@H]1C2. The minimum atomic E-state index is -2.80. The van der Waals surface area contributed by atoms with Gasteiger partial charge in [-0.25, -0.2) is 4.79 Å². The number of aromatic hydroxyl groups is 1. The lowest BCUT2D eigenvalue weighted by Gasteiger charge is -2.52. The summed E-state index contributed by atoms with van der Waals surface area (Å²) in [4.78, 5) is 82.2. The highest BCUT2D eigenvalue weighted by molar-refractivity contribution is 6.32. The number of amides is 2. The van der Waals surface area contributed by atoms with Crippen LogP contribution < -0.4 is 16.0 Å². The number of nitrogens with zero attached hydrogens (tertiary/aromatic N) is 2. The number of nitrogens with two attached hydrogens (primary N) is 1. The number of primary amides is 1. The van der Waals surface area contributed by atoms with E-state index in [-0.39, 0.29) is 43.0 Å². The molecule has 42 heavy (non-hydrogen) atoms. The van der Waals surface area contributed by atoms with Gasteiger partial charge in [-0.3, -0.25) is 28.9 Å². The van der Waals surface area contributed by atoms with Gasteiger partial charge < -0.3 is 30.9 Å². The third-order valence-electron chi connectivity index (χ3n) is 8.57. The van der Waals surface area contributed by atoms with Gasteiger partial charge in [0.2, 0.25) is 5.91 Å². The number of aliphatic hydroxyl groups is 1. The molecular weight excluding hydrogens is 548 g/mol. The molecule has 13 nitrogen and oxygen atoms in total. The smallest absolute Gasteiger partial charge is 0.407 e. The van der Waals surface area contributed by atoms with Crippen molar-refractivity contribution < 1.29 is 43.7 Å². The molecule has 5 N–H and O–H groups in total. The van der Waals surface area contributed by atoms with E-state index >= 15 is 0 Å². The second-order valence-electron chi connectivity index (χ2n) is 12.3. The number of anilines is 1. The normalized spacial score (nSPS) is 28.7. The number of benzene rings is 1. The van der Waals surface area contributed by atoms with E-state index in [1.807, 2.05) is 13.8 Å². The molecule has 0 saturated heterocycles. The van der Waals surface area contributed by atoms with Crippen molar-refractivity contribution in [1.82, 2.24) is 10.2 Å². The Morgan fingerprint density at radius 3 is 2.33 bits per heavy atom. The number of hydrogen-bond acceptors (Lipinski definition) is 11. The number of Topliss-reactive ketones (excluding diaryl/α,β-unsaturated/α-hetero) is 4. The quantitative estimate of drug-likeness (QED) is 0.309. The van der Waals surface area contributed by atoms with Gasteiger partial charge in [0.25, 0.3) is 0 Å². The molecule has 6 atom stereocenters. The lowest BCUT2D eigenvalue weighted by molar-refractivity contribution is -0.181. The minimum absolute atomic E-state index is 0.0392. The summed E-state index contributed by atoms with van der Waals surface area (Å²) in [5.41, 5.74) is 3.67. The van der Waals surface area contributed by atoms with Gasteiger partial charge in [-0.2, -0.15) is 0 Å². The standard InChI is InChI=1S/C29H38N4O9/c1-12(2)11-42-28(40)31-10-14-9-17(32(3)4)15-7-13-8-16-21(33(5)6)24(36)20(27(30)39)26(38)29(16,41)25(37)18(13)23(35)19(15)22(14)34/h9,12-13,16,18,20-21,34,41H,7-8,10-11H2,1-6H3,(H2,30,39)(H,31,40)/t13-,16-,18?,20?,21+,29-/m0/s1. The first-order chi connectivity index (χ1) is 19.5. The summed E-state index contributed by atoms with van der Waals surface area (Å²) >= 11 is 0. The van der Waals surface area contributed by atoms with Crippen LogP contribution in [-0.2, 0) is 36.9 Å². The lowest BCUT2D eigenvalue weighted by Crippen LogP contribution is -2.74. The number of phenols is 1. The van der Waals surface area contributed by atoms with Crippen LogP contribution in [0.1, 0.15) is 41.8 Å². The highest BCUT2D eigenvalue weighted by Crippen LogP contribution is 2.52. The molecule has 3 aliphatic rings. The Bertz CT molecular complexity index is 1370. The second kappa shape index (κ2) is 11.1. The molecule has 13 heteroatoms. The van der Waals surface area contributed by atoms with Gasteiger partial charge in [0.15, 0.2) is 34.7 Å². The van der Waals surface area contributed by atoms with Crippen LogP contribution in [0.2, 0.25) is 0 Å². The number of alkyl carbamates (subject to hydrolysis) is 1. The van der Waals surface area contributed by atoms with Crippen LogP contribution in [0.5, 0.6) is 5.75 Å². The van der Waals surface area contributed by atoms with Gasteiger partial charge in [-0.1, -0.05) is 13.8 Å². The van der Waals surface area contributed by atoms with Crippen LogP contribution >= 0.6 is 0 Å². The second-order valence-corrected chi connectivity index (χ2v) is 12.3. The zero-order chi connectivity index (χ0) is 31.4. The average Bonchev–Trinajstić information content (AvgIpc) is 2.88. The first kappa shape index (κ1) is 31.1.